The van der Waals surface area contributed by atoms with Crippen LogP contribution in [0.25, 0.3) is 0 Å². The maximum absolute atomic E-state index is 13.3. The quantitative estimate of drug-likeness (QED) is 0.725. The molecule has 0 aromatic rings. The lowest BCUT2D eigenvalue weighted by molar-refractivity contribution is -0.164. The minimum absolute atomic E-state index is 0.0728. The van der Waals surface area contributed by atoms with Gasteiger partial charge in [0.2, 0.25) is 0 Å². The molecule has 0 aliphatic heterocycles. The molecule has 0 spiro atoms. The first kappa shape index (κ1) is 20.6. The van der Waals surface area contributed by atoms with Gasteiger partial charge in [-0.3, -0.25) is 14.4 Å². The van der Waals surface area contributed by atoms with Gasteiger partial charge in [0.1, 0.15) is 5.78 Å². The lowest BCUT2D eigenvalue weighted by Gasteiger charge is -2.59. The molecule has 4 rings (SSSR count). The predicted octanol–water partition coefficient (Wildman–Crippen LogP) is 4.98. The van der Waals surface area contributed by atoms with Crippen molar-refractivity contribution in [2.45, 2.75) is 72.6 Å². The monoisotopic (exact) mass is 398 g/mol. The van der Waals surface area contributed by atoms with E-state index in [4.69, 9.17) is 0 Å². The second-order valence-electron chi connectivity index (χ2n) is 10.4. The highest BCUT2D eigenvalue weighted by atomic mass is 16.4. The Kier molecular flexibility index (Phi) is 4.71. The summed E-state index contributed by atoms with van der Waals surface area (Å²) in [6, 6.07) is 0. The SMILES string of the molecule is CCC(=O)[C@@]1(C(C)C(=O)O)CC[C@H]2[C@@H]3CCC4=CC(=O)C=C[C@]4(C)[C@H]3CC[C@@]21C. The van der Waals surface area contributed by atoms with Crippen molar-refractivity contribution in [3.8, 4) is 0 Å². The van der Waals surface area contributed by atoms with Crippen LogP contribution in [0.15, 0.2) is 23.8 Å². The molecule has 4 heteroatoms. The number of fused-ring (bicyclic) bond motifs is 5. The van der Waals surface area contributed by atoms with Crippen molar-refractivity contribution in [1.29, 1.82) is 0 Å². The van der Waals surface area contributed by atoms with Crippen LogP contribution in [0.5, 0.6) is 0 Å². The van der Waals surface area contributed by atoms with E-state index in [-0.39, 0.29) is 22.4 Å². The molecule has 0 radical (unpaired) electrons. The molecule has 3 fully saturated rings. The summed E-state index contributed by atoms with van der Waals surface area (Å²) < 4.78 is 0. The van der Waals surface area contributed by atoms with Gasteiger partial charge in [0, 0.05) is 17.3 Å². The molecular formula is C25H34O4. The third kappa shape index (κ3) is 2.53. The fourth-order valence-corrected chi connectivity index (χ4v) is 8.21. The summed E-state index contributed by atoms with van der Waals surface area (Å²) >= 11 is 0. The van der Waals surface area contributed by atoms with Crippen LogP contribution in [0.3, 0.4) is 0 Å². The molecule has 0 amide bonds. The van der Waals surface area contributed by atoms with Crippen molar-refractivity contribution >= 4 is 17.5 Å². The van der Waals surface area contributed by atoms with E-state index in [1.165, 1.54) is 5.57 Å². The van der Waals surface area contributed by atoms with Gasteiger partial charge < -0.3 is 5.11 Å². The molecule has 3 saturated carbocycles. The minimum Gasteiger partial charge on any atom is -0.481 e. The number of carboxylic acids is 1. The van der Waals surface area contributed by atoms with E-state index in [9.17, 15) is 19.5 Å². The summed E-state index contributed by atoms with van der Waals surface area (Å²) in [6.45, 7) is 8.14. The number of allylic oxidation sites excluding steroid dienone is 4. The summed E-state index contributed by atoms with van der Waals surface area (Å²) in [5, 5.41) is 9.91. The number of hydrogen-bond acceptors (Lipinski definition) is 3. The van der Waals surface area contributed by atoms with E-state index < -0.39 is 17.3 Å². The standard InChI is InChI=1S/C25H34O4/c1-5-21(27)25(15(2)22(28)29)13-10-20-18-7-6-16-14-17(26)8-11-23(16,3)19(18)9-12-24(20,25)4/h8,11,14-15,18-20H,5-7,9-10,12-13H2,1-4H3,(H,28,29)/t15?,18-,19+,20+,23+,24+,25+/m1/s1. The van der Waals surface area contributed by atoms with Crippen molar-refractivity contribution in [3.05, 3.63) is 23.8 Å². The Morgan fingerprint density at radius 1 is 1.17 bits per heavy atom. The molecule has 0 aromatic carbocycles. The first-order chi connectivity index (χ1) is 13.6. The summed E-state index contributed by atoms with van der Waals surface area (Å²) in [4.78, 5) is 37.3. The third-order valence-electron chi connectivity index (χ3n) is 9.74. The van der Waals surface area contributed by atoms with E-state index in [1.807, 2.05) is 13.0 Å². The zero-order valence-electron chi connectivity index (χ0n) is 18.2. The number of carbonyl (C=O) groups excluding carboxylic acids is 2. The zero-order chi connectivity index (χ0) is 21.2. The van der Waals surface area contributed by atoms with Gasteiger partial charge in [0.05, 0.1) is 5.92 Å². The van der Waals surface area contributed by atoms with Crippen LogP contribution < -0.4 is 0 Å². The second-order valence-corrected chi connectivity index (χ2v) is 10.4. The normalized spacial score (nSPS) is 44.3. The van der Waals surface area contributed by atoms with E-state index in [2.05, 4.69) is 19.9 Å². The van der Waals surface area contributed by atoms with E-state index in [0.717, 1.165) is 32.1 Å². The van der Waals surface area contributed by atoms with Crippen molar-refractivity contribution in [1.82, 2.24) is 0 Å². The van der Waals surface area contributed by atoms with Gasteiger partial charge in [-0.05, 0) is 73.8 Å². The minimum atomic E-state index is -0.842. The molecule has 0 bridgehead atoms. The maximum atomic E-state index is 13.3. The lowest BCUT2D eigenvalue weighted by atomic mass is 9.44. The molecule has 158 valence electrons. The molecule has 0 saturated heterocycles. The number of aliphatic carboxylic acids is 1. The Morgan fingerprint density at radius 3 is 2.52 bits per heavy atom. The molecule has 0 heterocycles. The molecule has 1 N–H and O–H groups in total. The number of rotatable bonds is 4. The highest BCUT2D eigenvalue weighted by molar-refractivity contribution is 6.01. The average Bonchev–Trinajstić information content (AvgIpc) is 3.01. The molecule has 0 aromatic heterocycles. The van der Waals surface area contributed by atoms with Gasteiger partial charge in [-0.15, -0.1) is 0 Å². The summed E-state index contributed by atoms with van der Waals surface area (Å²) in [6.07, 6.45) is 11.6. The second kappa shape index (κ2) is 6.65. The fourth-order valence-electron chi connectivity index (χ4n) is 8.21. The molecule has 4 nitrogen and oxygen atoms in total. The third-order valence-corrected chi connectivity index (χ3v) is 9.74. The van der Waals surface area contributed by atoms with Crippen LogP contribution in [0.1, 0.15) is 72.6 Å². The summed E-state index contributed by atoms with van der Waals surface area (Å²) in [5.41, 5.74) is 0.183. The largest absolute Gasteiger partial charge is 0.481 e. The van der Waals surface area contributed by atoms with Gasteiger partial charge in [-0.1, -0.05) is 39.3 Å². The number of ketones is 2. The molecule has 1 unspecified atom stereocenters. The fraction of sp³-hybridized carbons (Fsp3) is 0.720. The summed E-state index contributed by atoms with van der Waals surface area (Å²) in [7, 11) is 0. The van der Waals surface area contributed by atoms with Crippen LogP contribution in [0.2, 0.25) is 0 Å². The molecule has 4 aliphatic rings. The van der Waals surface area contributed by atoms with Crippen molar-refractivity contribution in [3.63, 3.8) is 0 Å². The van der Waals surface area contributed by atoms with Crippen LogP contribution in [-0.4, -0.2) is 22.6 Å². The smallest absolute Gasteiger partial charge is 0.307 e. The highest BCUT2D eigenvalue weighted by Gasteiger charge is 2.68. The van der Waals surface area contributed by atoms with Crippen LogP contribution >= 0.6 is 0 Å². The molecule has 29 heavy (non-hydrogen) atoms. The average molecular weight is 399 g/mol. The van der Waals surface area contributed by atoms with Gasteiger partial charge in [0.25, 0.3) is 0 Å². The van der Waals surface area contributed by atoms with Gasteiger partial charge >= 0.3 is 5.97 Å². The lowest BCUT2D eigenvalue weighted by Crippen LogP contribution is -2.56. The number of carboxylic acid groups (broad SMARTS) is 1. The molecule has 4 aliphatic carbocycles. The van der Waals surface area contributed by atoms with E-state index in [1.54, 1.807) is 13.0 Å². The zero-order valence-corrected chi connectivity index (χ0v) is 18.2. The van der Waals surface area contributed by atoms with E-state index >= 15 is 0 Å². The Morgan fingerprint density at radius 2 is 1.86 bits per heavy atom. The Bertz CT molecular complexity index is 823. The molecular weight excluding hydrogens is 364 g/mol. The van der Waals surface area contributed by atoms with Crippen molar-refractivity contribution < 1.29 is 19.5 Å². The van der Waals surface area contributed by atoms with Gasteiger partial charge in [-0.25, -0.2) is 0 Å². The van der Waals surface area contributed by atoms with Crippen molar-refractivity contribution in [2.24, 2.45) is 39.9 Å². The van der Waals surface area contributed by atoms with E-state index in [0.29, 0.717) is 30.6 Å². The topological polar surface area (TPSA) is 71.4 Å². The highest BCUT2D eigenvalue weighted by Crippen LogP contribution is 2.71. The van der Waals surface area contributed by atoms with Crippen LogP contribution in [0.4, 0.5) is 0 Å². The van der Waals surface area contributed by atoms with Crippen LogP contribution in [0, 0.1) is 39.9 Å². The van der Waals surface area contributed by atoms with Gasteiger partial charge in [-0.2, -0.15) is 0 Å². The Balaban J connectivity index is 1.75. The molecule has 7 atom stereocenters. The number of Topliss-reactive ketones (excluding diaryl/α,β-unsaturated/α-hetero) is 1. The number of carbonyl (C=O) groups is 3. The van der Waals surface area contributed by atoms with Gasteiger partial charge in [0.15, 0.2) is 5.78 Å². The maximum Gasteiger partial charge on any atom is 0.307 e. The Hall–Kier alpha value is -1.71. The van der Waals surface area contributed by atoms with Crippen molar-refractivity contribution in [2.75, 3.05) is 0 Å². The summed E-state index contributed by atoms with van der Waals surface area (Å²) in [5.74, 6) is 0.0809. The first-order valence-corrected chi connectivity index (χ1v) is 11.3. The Labute approximate surface area is 173 Å². The number of hydrogen-bond donors (Lipinski definition) is 1. The van der Waals surface area contributed by atoms with Crippen LogP contribution in [-0.2, 0) is 14.4 Å². The predicted molar refractivity (Wildman–Crippen MR) is 111 cm³/mol. The first-order valence-electron chi connectivity index (χ1n) is 11.3.